The minimum atomic E-state index is -0.528. The summed E-state index contributed by atoms with van der Waals surface area (Å²) in [6.07, 6.45) is 3.06. The summed E-state index contributed by atoms with van der Waals surface area (Å²) in [7, 11) is 0. The minimum absolute atomic E-state index is 0.0319. The highest BCUT2D eigenvalue weighted by atomic mass is 35.5. The van der Waals surface area contributed by atoms with E-state index in [4.69, 9.17) is 27.9 Å². The summed E-state index contributed by atoms with van der Waals surface area (Å²) in [6.45, 7) is 1.83. The van der Waals surface area contributed by atoms with Gasteiger partial charge in [-0.05, 0) is 19.1 Å². The van der Waals surface area contributed by atoms with Crippen LogP contribution in [-0.2, 0) is 6.61 Å². The summed E-state index contributed by atoms with van der Waals surface area (Å²) in [6, 6.07) is 2.65. The molecule has 0 atom stereocenters. The van der Waals surface area contributed by atoms with E-state index in [2.05, 4.69) is 9.97 Å². The number of benzene rings is 1. The molecule has 0 bridgehead atoms. The lowest BCUT2D eigenvalue weighted by Crippen LogP contribution is -2.00. The number of hydrogen-bond donors (Lipinski definition) is 0. The lowest BCUT2D eigenvalue weighted by Gasteiger charge is -2.09. The van der Waals surface area contributed by atoms with Crippen molar-refractivity contribution >= 4 is 23.2 Å². The molecule has 0 radical (unpaired) electrons. The van der Waals surface area contributed by atoms with Gasteiger partial charge in [-0.2, -0.15) is 0 Å². The molecule has 0 unspecified atom stereocenters. The first-order valence-electron chi connectivity index (χ1n) is 5.11. The second-order valence-corrected chi connectivity index (χ2v) is 4.36. The zero-order chi connectivity index (χ0) is 13.1. The first-order valence-corrected chi connectivity index (χ1v) is 5.87. The van der Waals surface area contributed by atoms with Crippen LogP contribution in [0.5, 0.6) is 5.75 Å². The second-order valence-electron chi connectivity index (χ2n) is 3.58. The largest absolute Gasteiger partial charge is 0.486 e. The summed E-state index contributed by atoms with van der Waals surface area (Å²) in [5.74, 6) is 0.584. The van der Waals surface area contributed by atoms with Gasteiger partial charge in [-0.15, -0.1) is 0 Å². The fourth-order valence-electron chi connectivity index (χ4n) is 1.31. The Morgan fingerprint density at radius 2 is 1.89 bits per heavy atom. The molecule has 0 saturated heterocycles. The predicted octanol–water partition coefficient (Wildman–Crippen LogP) is 3.81. The smallest absolute Gasteiger partial charge is 0.156 e. The van der Waals surface area contributed by atoms with E-state index in [0.29, 0.717) is 22.2 Å². The van der Waals surface area contributed by atoms with Gasteiger partial charge < -0.3 is 4.74 Å². The van der Waals surface area contributed by atoms with Crippen LogP contribution < -0.4 is 4.74 Å². The molecule has 0 aliphatic carbocycles. The van der Waals surface area contributed by atoms with E-state index in [1.165, 1.54) is 24.5 Å². The Morgan fingerprint density at radius 3 is 2.56 bits per heavy atom. The molecule has 0 spiro atoms. The number of aryl methyl sites for hydroxylation is 1. The summed E-state index contributed by atoms with van der Waals surface area (Å²) >= 11 is 11.7. The van der Waals surface area contributed by atoms with Crippen LogP contribution >= 0.6 is 23.2 Å². The summed E-state index contributed by atoms with van der Waals surface area (Å²) < 4.78 is 18.7. The fourth-order valence-corrected chi connectivity index (χ4v) is 1.79. The van der Waals surface area contributed by atoms with Crippen LogP contribution in [-0.4, -0.2) is 9.97 Å². The maximum atomic E-state index is 13.3. The van der Waals surface area contributed by atoms with E-state index in [9.17, 15) is 4.39 Å². The van der Waals surface area contributed by atoms with Crippen molar-refractivity contribution in [2.75, 3.05) is 0 Å². The molecule has 2 aromatic rings. The molecule has 3 nitrogen and oxygen atoms in total. The topological polar surface area (TPSA) is 35.0 Å². The lowest BCUT2D eigenvalue weighted by molar-refractivity contribution is 0.303. The average molecular weight is 287 g/mol. The molecule has 0 fully saturated rings. The predicted molar refractivity (Wildman–Crippen MR) is 67.5 cm³/mol. The molecule has 0 saturated carbocycles. The average Bonchev–Trinajstić information content (AvgIpc) is 2.36. The maximum Gasteiger partial charge on any atom is 0.156 e. The van der Waals surface area contributed by atoms with Crippen molar-refractivity contribution < 1.29 is 9.13 Å². The first-order chi connectivity index (χ1) is 8.58. The molecule has 94 valence electrons. The van der Waals surface area contributed by atoms with E-state index in [1.807, 2.05) is 0 Å². The Balaban J connectivity index is 2.15. The van der Waals surface area contributed by atoms with Crippen molar-refractivity contribution in [1.82, 2.24) is 9.97 Å². The van der Waals surface area contributed by atoms with Gasteiger partial charge in [0.15, 0.2) is 5.75 Å². The molecule has 1 aromatic carbocycles. The number of hydrogen-bond acceptors (Lipinski definition) is 3. The molecule has 0 N–H and O–H groups in total. The maximum absolute atomic E-state index is 13.3. The molecule has 0 aliphatic heterocycles. The molecular weight excluding hydrogens is 278 g/mol. The molecule has 6 heteroatoms. The van der Waals surface area contributed by atoms with Gasteiger partial charge in [-0.3, -0.25) is 0 Å². The van der Waals surface area contributed by atoms with Crippen LogP contribution in [0, 0.1) is 12.7 Å². The highest BCUT2D eigenvalue weighted by molar-refractivity contribution is 6.36. The normalized spacial score (nSPS) is 10.4. The van der Waals surface area contributed by atoms with Gasteiger partial charge in [0.05, 0.1) is 17.4 Å². The van der Waals surface area contributed by atoms with Gasteiger partial charge in [-0.25, -0.2) is 14.4 Å². The summed E-state index contributed by atoms with van der Waals surface area (Å²) in [5.41, 5.74) is 0.402. The lowest BCUT2D eigenvalue weighted by atomic mass is 10.2. The minimum Gasteiger partial charge on any atom is -0.486 e. The standard InChI is InChI=1S/C12H9Cl2FN2O/c1-7-16-4-8(5-17-7)18-6-9-10(13)2-3-11(15)12(9)14/h2-5H,6H2,1H3. The zero-order valence-corrected chi connectivity index (χ0v) is 11.0. The van der Waals surface area contributed by atoms with Crippen LogP contribution in [0.4, 0.5) is 4.39 Å². The van der Waals surface area contributed by atoms with Crippen LogP contribution in [0.1, 0.15) is 11.4 Å². The highest BCUT2D eigenvalue weighted by Crippen LogP contribution is 2.28. The molecule has 1 aromatic heterocycles. The SMILES string of the molecule is Cc1ncc(OCc2c(Cl)ccc(F)c2Cl)cn1. The van der Waals surface area contributed by atoms with Crippen molar-refractivity contribution in [1.29, 1.82) is 0 Å². The monoisotopic (exact) mass is 286 g/mol. The quantitative estimate of drug-likeness (QED) is 0.805. The third-order valence-corrected chi connectivity index (χ3v) is 3.04. The number of halogens is 3. The Labute approximate surface area is 114 Å². The molecule has 1 heterocycles. The van der Waals surface area contributed by atoms with Crippen LogP contribution in [0.25, 0.3) is 0 Å². The van der Waals surface area contributed by atoms with E-state index in [-0.39, 0.29) is 11.6 Å². The van der Waals surface area contributed by atoms with Crippen LogP contribution in [0.2, 0.25) is 10.0 Å². The third kappa shape index (κ3) is 2.89. The number of rotatable bonds is 3. The second kappa shape index (κ2) is 5.50. The first kappa shape index (κ1) is 13.1. The van der Waals surface area contributed by atoms with Crippen molar-refractivity contribution in [3.05, 3.63) is 51.8 Å². The van der Waals surface area contributed by atoms with Gasteiger partial charge in [0.1, 0.15) is 18.2 Å². The Kier molecular flexibility index (Phi) is 3.99. The Hall–Kier alpha value is -1.39. The van der Waals surface area contributed by atoms with Crippen molar-refractivity contribution in [3.63, 3.8) is 0 Å². The Bertz CT molecular complexity index is 561. The van der Waals surface area contributed by atoms with Gasteiger partial charge in [0.2, 0.25) is 0 Å². The molecule has 2 rings (SSSR count). The van der Waals surface area contributed by atoms with E-state index in [1.54, 1.807) is 6.92 Å². The van der Waals surface area contributed by atoms with Crippen molar-refractivity contribution in [2.24, 2.45) is 0 Å². The fraction of sp³-hybridized carbons (Fsp3) is 0.167. The van der Waals surface area contributed by atoms with E-state index >= 15 is 0 Å². The van der Waals surface area contributed by atoms with E-state index in [0.717, 1.165) is 0 Å². The number of nitrogens with zero attached hydrogens (tertiary/aromatic N) is 2. The van der Waals surface area contributed by atoms with E-state index < -0.39 is 5.82 Å². The van der Waals surface area contributed by atoms with Crippen LogP contribution in [0.3, 0.4) is 0 Å². The van der Waals surface area contributed by atoms with Gasteiger partial charge in [0.25, 0.3) is 0 Å². The zero-order valence-electron chi connectivity index (χ0n) is 9.45. The van der Waals surface area contributed by atoms with Gasteiger partial charge in [-0.1, -0.05) is 23.2 Å². The number of aromatic nitrogens is 2. The summed E-state index contributed by atoms with van der Waals surface area (Å²) in [4.78, 5) is 7.96. The highest BCUT2D eigenvalue weighted by Gasteiger charge is 2.11. The van der Waals surface area contributed by atoms with Crippen molar-refractivity contribution in [3.8, 4) is 5.75 Å². The third-order valence-electron chi connectivity index (χ3n) is 2.28. The Morgan fingerprint density at radius 1 is 1.22 bits per heavy atom. The van der Waals surface area contributed by atoms with Gasteiger partial charge >= 0.3 is 0 Å². The van der Waals surface area contributed by atoms with Gasteiger partial charge in [0, 0.05) is 10.6 Å². The summed E-state index contributed by atoms with van der Waals surface area (Å²) in [5, 5.41) is 0.324. The van der Waals surface area contributed by atoms with Crippen LogP contribution in [0.15, 0.2) is 24.5 Å². The number of ether oxygens (including phenoxy) is 1. The molecule has 0 amide bonds. The molecule has 0 aliphatic rings. The molecule has 18 heavy (non-hydrogen) atoms. The molecular formula is C12H9Cl2FN2O. The van der Waals surface area contributed by atoms with Crippen molar-refractivity contribution in [2.45, 2.75) is 13.5 Å².